The van der Waals surface area contributed by atoms with E-state index in [4.69, 9.17) is 4.74 Å². The van der Waals surface area contributed by atoms with E-state index in [0.29, 0.717) is 22.9 Å². The topological polar surface area (TPSA) is 47.6 Å². The van der Waals surface area contributed by atoms with Crippen LogP contribution in [0.25, 0.3) is 0 Å². The molecule has 3 rings (SSSR count). The molecule has 0 spiro atoms. The Labute approximate surface area is 127 Å². The van der Waals surface area contributed by atoms with E-state index in [1.165, 1.54) is 6.07 Å². The van der Waals surface area contributed by atoms with Crippen LogP contribution in [0, 0.1) is 5.82 Å². The van der Waals surface area contributed by atoms with Crippen molar-refractivity contribution in [2.75, 3.05) is 42.6 Å². The summed E-state index contributed by atoms with van der Waals surface area (Å²) in [5.74, 6) is 1.72. The molecule has 0 saturated carbocycles. The van der Waals surface area contributed by atoms with Crippen LogP contribution in [0.1, 0.15) is 12.8 Å². The molecular formula is C15H21FN2O2S. The third kappa shape index (κ3) is 3.81. The molecule has 1 N–H and O–H groups in total. The second-order valence-corrected chi connectivity index (χ2v) is 7.21. The van der Waals surface area contributed by atoms with Crippen molar-refractivity contribution in [2.45, 2.75) is 18.9 Å². The van der Waals surface area contributed by atoms with Crippen LogP contribution < -0.4 is 15.0 Å². The second-order valence-electron chi connectivity index (χ2n) is 5.52. The SMILES string of the molecule is [O-][S+]1CCC(Oc2ccc(N3CCNCC3)c(F)c2)CC1. The first-order chi connectivity index (χ1) is 10.2. The maximum Gasteiger partial charge on any atom is 0.150 e. The summed E-state index contributed by atoms with van der Waals surface area (Å²) in [5.41, 5.74) is 0.647. The summed E-state index contributed by atoms with van der Waals surface area (Å²) < 4.78 is 31.4. The Morgan fingerprint density at radius 1 is 1.24 bits per heavy atom. The van der Waals surface area contributed by atoms with E-state index in [0.717, 1.165) is 39.0 Å². The van der Waals surface area contributed by atoms with E-state index in [9.17, 15) is 8.94 Å². The van der Waals surface area contributed by atoms with Crippen molar-refractivity contribution in [1.82, 2.24) is 5.32 Å². The molecule has 2 aliphatic rings. The third-order valence-corrected chi connectivity index (χ3v) is 5.40. The summed E-state index contributed by atoms with van der Waals surface area (Å²) in [4.78, 5) is 2.05. The Morgan fingerprint density at radius 2 is 1.95 bits per heavy atom. The largest absolute Gasteiger partial charge is 0.616 e. The molecule has 4 nitrogen and oxygen atoms in total. The van der Waals surface area contributed by atoms with Crippen molar-refractivity contribution < 1.29 is 13.7 Å². The minimum Gasteiger partial charge on any atom is -0.616 e. The molecular weight excluding hydrogens is 291 g/mol. The van der Waals surface area contributed by atoms with Gasteiger partial charge in [-0.05, 0) is 12.1 Å². The van der Waals surface area contributed by atoms with Gasteiger partial charge in [0.25, 0.3) is 0 Å². The number of halogens is 1. The van der Waals surface area contributed by atoms with Gasteiger partial charge in [0.15, 0.2) is 0 Å². The zero-order valence-electron chi connectivity index (χ0n) is 12.0. The Hall–Kier alpha value is -0.980. The van der Waals surface area contributed by atoms with Crippen LogP contribution in [0.15, 0.2) is 18.2 Å². The molecule has 6 heteroatoms. The number of benzene rings is 1. The lowest BCUT2D eigenvalue weighted by molar-refractivity contribution is 0.189. The van der Waals surface area contributed by atoms with Gasteiger partial charge in [-0.25, -0.2) is 4.39 Å². The molecule has 2 saturated heterocycles. The number of anilines is 1. The predicted octanol–water partition coefficient (Wildman–Crippen LogP) is 1.53. The van der Waals surface area contributed by atoms with Gasteiger partial charge in [-0.3, -0.25) is 0 Å². The first-order valence-corrected chi connectivity index (χ1v) is 8.98. The average Bonchev–Trinajstić information content (AvgIpc) is 2.51. The van der Waals surface area contributed by atoms with Gasteiger partial charge in [0.2, 0.25) is 0 Å². The lowest BCUT2D eigenvalue weighted by Gasteiger charge is -2.30. The molecule has 2 heterocycles. The summed E-state index contributed by atoms with van der Waals surface area (Å²) in [6, 6.07) is 5.12. The minimum absolute atomic E-state index is 0.0622. The Kier molecular flexibility index (Phi) is 4.87. The number of nitrogens with zero attached hydrogens (tertiary/aromatic N) is 1. The highest BCUT2D eigenvalue weighted by Crippen LogP contribution is 2.26. The van der Waals surface area contributed by atoms with Crippen LogP contribution >= 0.6 is 0 Å². The van der Waals surface area contributed by atoms with Crippen LogP contribution in [0.3, 0.4) is 0 Å². The van der Waals surface area contributed by atoms with Gasteiger partial charge in [-0.1, -0.05) is 11.2 Å². The molecule has 2 fully saturated rings. The van der Waals surface area contributed by atoms with Crippen molar-refractivity contribution >= 4 is 16.9 Å². The van der Waals surface area contributed by atoms with Crippen molar-refractivity contribution in [2.24, 2.45) is 0 Å². The minimum atomic E-state index is -0.697. The quantitative estimate of drug-likeness (QED) is 0.860. The van der Waals surface area contributed by atoms with Crippen LogP contribution in [-0.2, 0) is 11.2 Å². The monoisotopic (exact) mass is 312 g/mol. The van der Waals surface area contributed by atoms with Gasteiger partial charge < -0.3 is 19.5 Å². The highest BCUT2D eigenvalue weighted by molar-refractivity contribution is 7.91. The zero-order valence-corrected chi connectivity index (χ0v) is 12.8. The second kappa shape index (κ2) is 6.85. The molecule has 21 heavy (non-hydrogen) atoms. The van der Waals surface area contributed by atoms with Gasteiger partial charge in [0.05, 0.1) is 5.69 Å². The summed E-state index contributed by atoms with van der Waals surface area (Å²) in [6.45, 7) is 3.42. The third-order valence-electron chi connectivity index (χ3n) is 4.01. The molecule has 2 aliphatic heterocycles. The first kappa shape index (κ1) is 14.9. The van der Waals surface area contributed by atoms with Crippen LogP contribution in [0.5, 0.6) is 5.75 Å². The van der Waals surface area contributed by atoms with Gasteiger partial charge in [-0.15, -0.1) is 0 Å². The van der Waals surface area contributed by atoms with Gasteiger partial charge in [-0.2, -0.15) is 0 Å². The fourth-order valence-corrected chi connectivity index (χ4v) is 4.06. The van der Waals surface area contributed by atoms with E-state index in [1.807, 2.05) is 6.07 Å². The number of hydrogen-bond donors (Lipinski definition) is 1. The Morgan fingerprint density at radius 3 is 2.62 bits per heavy atom. The molecule has 0 atom stereocenters. The van der Waals surface area contributed by atoms with E-state index < -0.39 is 11.2 Å². The van der Waals surface area contributed by atoms with E-state index in [1.54, 1.807) is 6.07 Å². The van der Waals surface area contributed by atoms with Crippen molar-refractivity contribution in [3.63, 3.8) is 0 Å². The molecule has 0 radical (unpaired) electrons. The van der Waals surface area contributed by atoms with Crippen LogP contribution in [-0.4, -0.2) is 48.3 Å². The highest BCUT2D eigenvalue weighted by atomic mass is 32.2. The van der Waals surface area contributed by atoms with Gasteiger partial charge >= 0.3 is 0 Å². The smallest absolute Gasteiger partial charge is 0.150 e. The fourth-order valence-electron chi connectivity index (χ4n) is 2.81. The van der Waals surface area contributed by atoms with E-state index in [2.05, 4.69) is 10.2 Å². The standard InChI is InChI=1S/C15H21FN2O2S/c16-14-11-13(20-12-3-9-21(19)10-4-12)1-2-15(14)18-7-5-17-6-8-18/h1-2,11-12,17H,3-10H2. The van der Waals surface area contributed by atoms with Gasteiger partial charge in [0.1, 0.15) is 29.2 Å². The van der Waals surface area contributed by atoms with Crippen molar-refractivity contribution in [1.29, 1.82) is 0 Å². The summed E-state index contributed by atoms with van der Waals surface area (Å²) in [5, 5.41) is 3.26. The molecule has 0 aromatic heterocycles. The lowest BCUT2D eigenvalue weighted by atomic mass is 10.2. The van der Waals surface area contributed by atoms with Crippen LogP contribution in [0.2, 0.25) is 0 Å². The Bertz CT molecular complexity index is 475. The van der Waals surface area contributed by atoms with E-state index >= 15 is 0 Å². The molecule has 1 aromatic rings. The zero-order chi connectivity index (χ0) is 14.7. The van der Waals surface area contributed by atoms with Crippen molar-refractivity contribution in [3.8, 4) is 5.75 Å². The summed E-state index contributed by atoms with van der Waals surface area (Å²) >= 11 is -0.697. The average molecular weight is 312 g/mol. The Balaban J connectivity index is 1.63. The molecule has 0 aliphatic carbocycles. The number of nitrogens with one attached hydrogen (secondary N) is 1. The normalized spacial score (nSPS) is 26.7. The van der Waals surface area contributed by atoms with Crippen LogP contribution in [0.4, 0.5) is 10.1 Å². The maximum atomic E-state index is 14.3. The molecule has 116 valence electrons. The first-order valence-electron chi connectivity index (χ1n) is 7.49. The predicted molar refractivity (Wildman–Crippen MR) is 83.0 cm³/mol. The number of rotatable bonds is 3. The molecule has 0 unspecified atom stereocenters. The highest BCUT2D eigenvalue weighted by Gasteiger charge is 2.23. The number of ether oxygens (including phenoxy) is 1. The molecule has 0 amide bonds. The summed E-state index contributed by atoms with van der Waals surface area (Å²) in [7, 11) is 0. The maximum absolute atomic E-state index is 14.3. The number of piperazine rings is 1. The number of hydrogen-bond acceptors (Lipinski definition) is 4. The van der Waals surface area contributed by atoms with E-state index in [-0.39, 0.29) is 11.9 Å². The summed E-state index contributed by atoms with van der Waals surface area (Å²) in [6.07, 6.45) is 1.63. The lowest BCUT2D eigenvalue weighted by Crippen LogP contribution is -2.43. The van der Waals surface area contributed by atoms with Gasteiger partial charge in [0, 0.05) is 45.1 Å². The fraction of sp³-hybridized carbons (Fsp3) is 0.600. The molecule has 0 bridgehead atoms. The van der Waals surface area contributed by atoms with Crippen molar-refractivity contribution in [3.05, 3.63) is 24.0 Å². The molecule has 1 aromatic carbocycles.